The van der Waals surface area contributed by atoms with Gasteiger partial charge in [-0.3, -0.25) is 19.6 Å². The minimum absolute atomic E-state index is 0.0429. The Morgan fingerprint density at radius 3 is 1.50 bits per heavy atom. The first kappa shape index (κ1) is 37.2. The molecule has 0 radical (unpaired) electrons. The number of amides is 2. The van der Waals surface area contributed by atoms with E-state index in [2.05, 4.69) is 31.2 Å². The molecule has 4 aromatic rings. The number of rotatable bonds is 11. The molecule has 2 fully saturated rings. The summed E-state index contributed by atoms with van der Waals surface area (Å²) in [6, 6.07) is 15.0. The number of hydrogen-bond donors (Lipinski definition) is 6. The molecule has 2 aromatic carbocycles. The largest absolute Gasteiger partial charge is 0.389 e. The number of nitrogens with zero attached hydrogens (tertiary/aromatic N) is 2. The molecule has 4 heterocycles. The van der Waals surface area contributed by atoms with Crippen LogP contribution in [0.25, 0.3) is 11.1 Å². The van der Waals surface area contributed by atoms with E-state index in [1.165, 1.54) is 0 Å². The number of aryl methyl sites for hydroxylation is 2. The third-order valence-corrected chi connectivity index (χ3v) is 10.1. The van der Waals surface area contributed by atoms with Crippen LogP contribution in [0.5, 0.6) is 0 Å². The third-order valence-electron chi connectivity index (χ3n) is 10.1. The van der Waals surface area contributed by atoms with E-state index in [0.717, 1.165) is 57.3 Å². The van der Waals surface area contributed by atoms with Crippen molar-refractivity contribution in [3.05, 3.63) is 106 Å². The highest BCUT2D eigenvalue weighted by atomic mass is 16.5. The van der Waals surface area contributed by atoms with Gasteiger partial charge in [0.15, 0.2) is 0 Å². The van der Waals surface area contributed by atoms with Crippen LogP contribution in [0.4, 0.5) is 11.4 Å². The van der Waals surface area contributed by atoms with Gasteiger partial charge in [-0.25, -0.2) is 0 Å². The number of carbonyl (C=O) groups is 2. The smallest absolute Gasteiger partial charge is 0.274 e. The number of carbonyl (C=O) groups excluding carboxylic acids is 2. The summed E-state index contributed by atoms with van der Waals surface area (Å²) in [6.07, 6.45) is 3.79. The Morgan fingerprint density at radius 2 is 1.12 bits per heavy atom. The van der Waals surface area contributed by atoms with E-state index in [-0.39, 0.29) is 23.9 Å². The zero-order valence-corrected chi connectivity index (χ0v) is 30.2. The molecular formula is C40H48N6O6. The van der Waals surface area contributed by atoms with Crippen LogP contribution in [-0.2, 0) is 22.6 Å². The van der Waals surface area contributed by atoms with Crippen molar-refractivity contribution < 1.29 is 29.3 Å². The second-order valence-electron chi connectivity index (χ2n) is 13.7. The molecule has 2 aliphatic heterocycles. The first-order chi connectivity index (χ1) is 25.1. The van der Waals surface area contributed by atoms with Gasteiger partial charge in [-0.2, -0.15) is 0 Å². The SMILES string of the molecule is Cc1cc(C(=O)Nc2cccc(-c3cccc(NC(=O)c4cc(C)c(CN[C@@H]5CCOC[C@H]5O)cn4)c3C)c2C)ncc1CN[C@@H]1CCOC[C@H]1O. The number of hydrogen-bond acceptors (Lipinski definition) is 10. The van der Waals surface area contributed by atoms with Gasteiger partial charge in [-0.1, -0.05) is 24.3 Å². The lowest BCUT2D eigenvalue weighted by atomic mass is 9.94. The van der Waals surface area contributed by atoms with Gasteiger partial charge >= 0.3 is 0 Å². The topological polar surface area (TPSA) is 167 Å². The van der Waals surface area contributed by atoms with E-state index < -0.39 is 12.2 Å². The molecule has 2 saturated heterocycles. The molecule has 0 saturated carbocycles. The highest BCUT2D eigenvalue weighted by molar-refractivity contribution is 6.05. The van der Waals surface area contributed by atoms with Crippen molar-refractivity contribution in [2.45, 2.75) is 77.9 Å². The van der Waals surface area contributed by atoms with Gasteiger partial charge in [0.2, 0.25) is 0 Å². The van der Waals surface area contributed by atoms with E-state index >= 15 is 0 Å². The summed E-state index contributed by atoms with van der Waals surface area (Å²) in [5.41, 5.74) is 9.32. The zero-order valence-electron chi connectivity index (χ0n) is 30.2. The lowest BCUT2D eigenvalue weighted by Crippen LogP contribution is -2.46. The number of ether oxygens (including phenoxy) is 2. The lowest BCUT2D eigenvalue weighted by Gasteiger charge is -2.28. The second-order valence-corrected chi connectivity index (χ2v) is 13.7. The fraction of sp³-hybridized carbons (Fsp3) is 0.400. The number of aromatic nitrogens is 2. The second kappa shape index (κ2) is 16.8. The summed E-state index contributed by atoms with van der Waals surface area (Å²) in [6.45, 7) is 10.8. The van der Waals surface area contributed by atoms with Gasteiger partial charge in [0.1, 0.15) is 11.4 Å². The van der Waals surface area contributed by atoms with Gasteiger partial charge < -0.3 is 41.0 Å². The predicted molar refractivity (Wildman–Crippen MR) is 199 cm³/mol. The maximum Gasteiger partial charge on any atom is 0.274 e. The van der Waals surface area contributed by atoms with Gasteiger partial charge in [-0.05, 0) is 109 Å². The average Bonchev–Trinajstić information content (AvgIpc) is 3.13. The van der Waals surface area contributed by atoms with Crippen LogP contribution >= 0.6 is 0 Å². The van der Waals surface area contributed by atoms with Crippen molar-refractivity contribution in [1.82, 2.24) is 20.6 Å². The van der Waals surface area contributed by atoms with Crippen molar-refractivity contribution in [1.29, 1.82) is 0 Å². The highest BCUT2D eigenvalue weighted by Crippen LogP contribution is 2.34. The van der Waals surface area contributed by atoms with Crippen LogP contribution in [0, 0.1) is 27.7 Å². The Bertz CT molecular complexity index is 1780. The normalized spacial score (nSPS) is 20.3. The summed E-state index contributed by atoms with van der Waals surface area (Å²) < 4.78 is 10.6. The predicted octanol–water partition coefficient (Wildman–Crippen LogP) is 4.36. The Hall–Kier alpha value is -4.56. The molecule has 0 spiro atoms. The van der Waals surface area contributed by atoms with E-state index in [4.69, 9.17) is 9.47 Å². The number of nitrogens with one attached hydrogen (secondary N) is 4. The molecule has 0 aliphatic carbocycles. The summed E-state index contributed by atoms with van der Waals surface area (Å²) in [5, 5.41) is 33.2. The van der Waals surface area contributed by atoms with Gasteiger partial charge in [-0.15, -0.1) is 0 Å². The first-order valence-electron chi connectivity index (χ1n) is 17.8. The molecule has 2 aromatic heterocycles. The van der Waals surface area contributed by atoms with Crippen molar-refractivity contribution in [3.63, 3.8) is 0 Å². The molecule has 6 N–H and O–H groups in total. The van der Waals surface area contributed by atoms with E-state index in [1.54, 1.807) is 24.5 Å². The summed E-state index contributed by atoms with van der Waals surface area (Å²) in [5.74, 6) is -0.627. The van der Waals surface area contributed by atoms with Gasteiger partial charge in [0, 0.05) is 62.2 Å². The van der Waals surface area contributed by atoms with Crippen molar-refractivity contribution in [2.24, 2.45) is 0 Å². The summed E-state index contributed by atoms with van der Waals surface area (Å²) >= 11 is 0. The number of pyridine rings is 2. The molecule has 274 valence electrons. The maximum absolute atomic E-state index is 13.4. The van der Waals surface area contributed by atoms with Crippen LogP contribution in [0.15, 0.2) is 60.9 Å². The van der Waals surface area contributed by atoms with Crippen LogP contribution in [0.2, 0.25) is 0 Å². The standard InChI is InChI=1S/C40H48N6O6/c1-23-15-35(43-19-27(23)17-41-33-11-13-51-21-37(33)47)39(49)45-31-9-5-7-29(25(31)3)30-8-6-10-32(26(30)4)46-40(50)36-16-24(2)28(20-44-36)18-42-34-12-14-52-22-38(34)48/h5-10,15-16,19-20,33-34,37-38,41-42,47-48H,11-14,17-18,21-22H2,1-4H3,(H,45,49)(H,46,50)/t33-,34-,37-,38-/m1/s1. The van der Waals surface area contributed by atoms with Crippen LogP contribution in [0.1, 0.15) is 67.2 Å². The quantitative estimate of drug-likeness (QED) is 0.132. The number of benzene rings is 2. The molecule has 0 bridgehead atoms. The third kappa shape index (κ3) is 8.72. The van der Waals surface area contributed by atoms with Crippen molar-refractivity contribution >= 4 is 23.2 Å². The van der Waals surface area contributed by atoms with Crippen LogP contribution < -0.4 is 21.3 Å². The van der Waals surface area contributed by atoms with Gasteiger partial charge in [0.05, 0.1) is 25.4 Å². The Labute approximate surface area is 304 Å². The molecule has 2 aliphatic rings. The maximum atomic E-state index is 13.4. The van der Waals surface area contributed by atoms with E-state index in [1.807, 2.05) is 64.1 Å². The van der Waals surface area contributed by atoms with E-state index in [9.17, 15) is 19.8 Å². The van der Waals surface area contributed by atoms with Crippen LogP contribution in [-0.4, -0.2) is 82.7 Å². The average molecular weight is 709 g/mol. The Balaban J connectivity index is 1.11. The lowest BCUT2D eigenvalue weighted by molar-refractivity contribution is -0.0280. The molecule has 6 rings (SSSR count). The Morgan fingerprint density at radius 1 is 0.692 bits per heavy atom. The molecule has 4 atom stereocenters. The first-order valence-corrected chi connectivity index (χ1v) is 17.8. The molecule has 0 unspecified atom stereocenters. The fourth-order valence-corrected chi connectivity index (χ4v) is 6.69. The number of anilines is 2. The van der Waals surface area contributed by atoms with Crippen molar-refractivity contribution in [2.75, 3.05) is 37.1 Å². The minimum atomic E-state index is -0.547. The highest BCUT2D eigenvalue weighted by Gasteiger charge is 2.25. The van der Waals surface area contributed by atoms with Gasteiger partial charge in [0.25, 0.3) is 11.8 Å². The molecule has 2 amide bonds. The minimum Gasteiger partial charge on any atom is -0.389 e. The summed E-state index contributed by atoms with van der Waals surface area (Å²) in [7, 11) is 0. The fourth-order valence-electron chi connectivity index (χ4n) is 6.69. The zero-order chi connectivity index (χ0) is 36.8. The van der Waals surface area contributed by atoms with Crippen LogP contribution in [0.3, 0.4) is 0 Å². The number of aliphatic hydroxyl groups excluding tert-OH is 2. The Kier molecular flexibility index (Phi) is 12.1. The molecule has 12 nitrogen and oxygen atoms in total. The summed E-state index contributed by atoms with van der Waals surface area (Å²) in [4.78, 5) is 35.6. The van der Waals surface area contributed by atoms with E-state index in [0.29, 0.717) is 62.3 Å². The molecule has 52 heavy (non-hydrogen) atoms. The monoisotopic (exact) mass is 708 g/mol. The number of aliphatic hydroxyl groups is 2. The molecular weight excluding hydrogens is 660 g/mol. The molecule has 12 heteroatoms. The van der Waals surface area contributed by atoms with Crippen molar-refractivity contribution in [3.8, 4) is 11.1 Å².